The third kappa shape index (κ3) is 7.49. The maximum atomic E-state index is 11.4. The quantitative estimate of drug-likeness (QED) is 0.280. The highest BCUT2D eigenvalue weighted by atomic mass is 35.5. The molecule has 0 aliphatic rings. The molecular weight excluding hydrogens is 333 g/mol. The normalized spacial score (nSPS) is 13.2. The lowest BCUT2D eigenvalue weighted by atomic mass is 10.1. The fraction of sp³-hybridized carbons (Fsp3) is 0.333. The predicted octanol–water partition coefficient (Wildman–Crippen LogP) is 5.52. The molecule has 0 unspecified atom stereocenters. The number of aliphatic imine (C=N–C) groups is 1. The van der Waals surface area contributed by atoms with Gasteiger partial charge < -0.3 is 4.74 Å². The number of allylic oxidation sites excluding steroid dienone is 3. The van der Waals surface area contributed by atoms with Crippen LogP contribution in [-0.2, 0) is 9.53 Å². The van der Waals surface area contributed by atoms with E-state index in [2.05, 4.69) is 4.99 Å². The number of nitrogens with zero attached hydrogens (tertiary/aromatic N) is 1. The van der Waals surface area contributed by atoms with Crippen molar-refractivity contribution in [2.45, 2.75) is 33.6 Å². The number of esters is 1. The molecule has 0 N–H and O–H groups in total. The number of rotatable bonds is 7. The lowest BCUT2D eigenvalue weighted by Crippen LogP contribution is -2.03. The third-order valence-electron chi connectivity index (χ3n) is 3.13. The van der Waals surface area contributed by atoms with Gasteiger partial charge in [-0.25, -0.2) is 4.99 Å². The molecule has 0 radical (unpaired) electrons. The molecule has 0 heterocycles. The van der Waals surface area contributed by atoms with E-state index in [1.165, 1.54) is 0 Å². The Morgan fingerprint density at radius 1 is 1.26 bits per heavy atom. The van der Waals surface area contributed by atoms with Crippen LogP contribution in [0.2, 0.25) is 5.02 Å². The summed E-state index contributed by atoms with van der Waals surface area (Å²) in [6, 6.07) is 7.40. The Morgan fingerprint density at radius 3 is 2.48 bits per heavy atom. The van der Waals surface area contributed by atoms with Crippen LogP contribution in [0.4, 0.5) is 0 Å². The van der Waals surface area contributed by atoms with Gasteiger partial charge in [0.1, 0.15) is 5.16 Å². The van der Waals surface area contributed by atoms with Crippen molar-refractivity contribution in [1.82, 2.24) is 0 Å². The summed E-state index contributed by atoms with van der Waals surface area (Å²) in [6.45, 7) is 5.97. The zero-order chi connectivity index (χ0) is 17.2. The zero-order valence-electron chi connectivity index (χ0n) is 13.6. The van der Waals surface area contributed by atoms with Crippen molar-refractivity contribution in [3.8, 4) is 0 Å². The minimum atomic E-state index is -0.211. The average molecular weight is 354 g/mol. The summed E-state index contributed by atoms with van der Waals surface area (Å²) < 4.78 is 4.92. The minimum absolute atomic E-state index is 0.211. The van der Waals surface area contributed by atoms with Crippen molar-refractivity contribution in [1.29, 1.82) is 0 Å². The number of halogens is 2. The van der Waals surface area contributed by atoms with Gasteiger partial charge in [-0.15, -0.1) is 0 Å². The molecule has 0 aliphatic heterocycles. The molecule has 0 fully saturated rings. The fourth-order valence-electron chi connectivity index (χ4n) is 1.88. The zero-order valence-corrected chi connectivity index (χ0v) is 15.1. The Morgan fingerprint density at radius 2 is 1.91 bits per heavy atom. The Bertz CT molecular complexity index is 616. The van der Waals surface area contributed by atoms with Crippen molar-refractivity contribution in [3.63, 3.8) is 0 Å². The van der Waals surface area contributed by atoms with Crippen LogP contribution in [0.1, 0.15) is 39.2 Å². The monoisotopic (exact) mass is 353 g/mol. The molecule has 0 spiro atoms. The largest absolute Gasteiger partial charge is 0.466 e. The van der Waals surface area contributed by atoms with Crippen LogP contribution < -0.4 is 0 Å². The first-order valence-corrected chi connectivity index (χ1v) is 8.21. The molecule has 0 aliphatic carbocycles. The molecule has 0 aromatic heterocycles. The van der Waals surface area contributed by atoms with E-state index in [9.17, 15) is 4.79 Å². The first kappa shape index (κ1) is 19.5. The summed E-state index contributed by atoms with van der Waals surface area (Å²) in [5.74, 6) is -0.211. The number of ether oxygens (including phenoxy) is 1. The molecule has 23 heavy (non-hydrogen) atoms. The molecule has 1 aromatic carbocycles. The van der Waals surface area contributed by atoms with Crippen LogP contribution >= 0.6 is 23.2 Å². The smallest absolute Gasteiger partial charge is 0.306 e. The summed E-state index contributed by atoms with van der Waals surface area (Å²) in [7, 11) is 0. The number of carbonyl (C=O) groups is 1. The van der Waals surface area contributed by atoms with E-state index in [1.54, 1.807) is 13.0 Å². The standard InChI is InChI=1S/C18H21Cl2NO2/c1-4-14(6-11-18(22)23-5-2)12-17(20)21-13(3)15-7-9-16(19)10-8-15/h4,7-10,12H,5-6,11H2,1-3H3/b14-4+,17-12-,21-13+. The van der Waals surface area contributed by atoms with Gasteiger partial charge in [0, 0.05) is 17.2 Å². The third-order valence-corrected chi connectivity index (χ3v) is 3.58. The van der Waals surface area contributed by atoms with E-state index in [0.717, 1.165) is 16.8 Å². The van der Waals surface area contributed by atoms with Gasteiger partial charge in [0.25, 0.3) is 0 Å². The molecule has 0 bridgehead atoms. The number of carbonyl (C=O) groups excluding carboxylic acids is 1. The van der Waals surface area contributed by atoms with E-state index in [1.807, 2.05) is 44.2 Å². The Balaban J connectivity index is 2.74. The highest BCUT2D eigenvalue weighted by Crippen LogP contribution is 2.16. The minimum Gasteiger partial charge on any atom is -0.466 e. The van der Waals surface area contributed by atoms with Gasteiger partial charge in [-0.3, -0.25) is 4.79 Å². The lowest BCUT2D eigenvalue weighted by molar-refractivity contribution is -0.143. The van der Waals surface area contributed by atoms with E-state index >= 15 is 0 Å². The molecule has 1 aromatic rings. The van der Waals surface area contributed by atoms with Crippen LogP contribution in [0.25, 0.3) is 0 Å². The number of hydrogen-bond donors (Lipinski definition) is 0. The second-order valence-corrected chi connectivity index (χ2v) is 5.66. The van der Waals surface area contributed by atoms with Crippen LogP contribution in [0.5, 0.6) is 0 Å². The molecule has 1 rings (SSSR count). The highest BCUT2D eigenvalue weighted by Gasteiger charge is 2.04. The van der Waals surface area contributed by atoms with Crippen molar-refractivity contribution >= 4 is 34.9 Å². The van der Waals surface area contributed by atoms with Crippen molar-refractivity contribution in [3.05, 3.63) is 57.7 Å². The van der Waals surface area contributed by atoms with Crippen LogP contribution in [0.3, 0.4) is 0 Å². The molecule has 0 atom stereocenters. The first-order chi connectivity index (χ1) is 11.0. The lowest BCUT2D eigenvalue weighted by Gasteiger charge is -2.04. The van der Waals surface area contributed by atoms with Gasteiger partial charge in [0.05, 0.1) is 6.61 Å². The van der Waals surface area contributed by atoms with E-state index in [0.29, 0.717) is 29.6 Å². The van der Waals surface area contributed by atoms with Gasteiger partial charge in [-0.1, -0.05) is 41.4 Å². The van der Waals surface area contributed by atoms with E-state index in [4.69, 9.17) is 27.9 Å². The Labute approximate surface area is 147 Å². The van der Waals surface area contributed by atoms with Crippen molar-refractivity contribution in [2.24, 2.45) is 4.99 Å². The van der Waals surface area contributed by atoms with Crippen LogP contribution in [0, 0.1) is 0 Å². The summed E-state index contributed by atoms with van der Waals surface area (Å²) >= 11 is 12.1. The molecule has 3 nitrogen and oxygen atoms in total. The second kappa shape index (κ2) is 10.2. The molecular formula is C18H21Cl2NO2. The maximum absolute atomic E-state index is 11.4. The van der Waals surface area contributed by atoms with Crippen LogP contribution in [-0.4, -0.2) is 18.3 Å². The Hall–Kier alpha value is -1.58. The topological polar surface area (TPSA) is 38.7 Å². The first-order valence-electron chi connectivity index (χ1n) is 7.45. The van der Waals surface area contributed by atoms with Gasteiger partial charge in [0.15, 0.2) is 0 Å². The molecule has 124 valence electrons. The summed E-state index contributed by atoms with van der Waals surface area (Å²) in [5, 5.41) is 1.05. The van der Waals surface area contributed by atoms with Crippen LogP contribution in [0.15, 0.2) is 52.1 Å². The van der Waals surface area contributed by atoms with Gasteiger partial charge in [0.2, 0.25) is 0 Å². The molecule has 0 saturated heterocycles. The fourth-order valence-corrected chi connectivity index (χ4v) is 2.27. The second-order valence-electron chi connectivity index (χ2n) is 4.84. The van der Waals surface area contributed by atoms with E-state index < -0.39 is 0 Å². The van der Waals surface area contributed by atoms with Gasteiger partial charge in [-0.05, 0) is 56.5 Å². The number of benzene rings is 1. The summed E-state index contributed by atoms with van der Waals surface area (Å²) in [6.07, 6.45) is 4.57. The molecule has 0 saturated carbocycles. The molecule has 5 heteroatoms. The van der Waals surface area contributed by atoms with Gasteiger partial charge >= 0.3 is 5.97 Å². The van der Waals surface area contributed by atoms with Gasteiger partial charge in [-0.2, -0.15) is 0 Å². The maximum Gasteiger partial charge on any atom is 0.306 e. The van der Waals surface area contributed by atoms with Crippen molar-refractivity contribution in [2.75, 3.05) is 6.61 Å². The predicted molar refractivity (Wildman–Crippen MR) is 97.2 cm³/mol. The summed E-state index contributed by atoms with van der Waals surface area (Å²) in [4.78, 5) is 15.8. The highest BCUT2D eigenvalue weighted by molar-refractivity contribution is 6.31. The number of hydrogen-bond acceptors (Lipinski definition) is 3. The SMILES string of the molecule is C/C=C(/C=C(Cl)\N=C(/C)c1ccc(Cl)cc1)CCC(=O)OCC. The van der Waals surface area contributed by atoms with Crippen molar-refractivity contribution < 1.29 is 9.53 Å². The van der Waals surface area contributed by atoms with E-state index in [-0.39, 0.29) is 5.97 Å². The average Bonchev–Trinajstić information content (AvgIpc) is 2.52. The Kier molecular flexibility index (Phi) is 8.67. The molecule has 0 amide bonds. The summed E-state index contributed by atoms with van der Waals surface area (Å²) in [5.41, 5.74) is 2.69.